The van der Waals surface area contributed by atoms with Gasteiger partial charge in [0.25, 0.3) is 0 Å². The summed E-state index contributed by atoms with van der Waals surface area (Å²) in [4.78, 5) is 10.5. The Labute approximate surface area is 53.8 Å². The number of carbonyl (C=O) groups excluding carboxylic acids is 1. The summed E-state index contributed by atoms with van der Waals surface area (Å²) in [5.74, 6) is -0.244. The lowest BCUT2D eigenvalue weighted by Gasteiger charge is -2.18. The Morgan fingerprint density at radius 1 is 1.78 bits per heavy atom. The van der Waals surface area contributed by atoms with Gasteiger partial charge in [-0.05, 0) is 0 Å². The molecule has 1 amide bonds. The zero-order valence-electron chi connectivity index (χ0n) is 5.26. The van der Waals surface area contributed by atoms with Gasteiger partial charge in [0.1, 0.15) is 12.6 Å². The van der Waals surface area contributed by atoms with Gasteiger partial charge in [-0.15, -0.1) is 0 Å². The number of carbonyl (C=O) groups is 1. The summed E-state index contributed by atoms with van der Waals surface area (Å²) in [6, 6.07) is -0.112. The van der Waals surface area contributed by atoms with Crippen molar-refractivity contribution in [3.05, 3.63) is 0 Å². The highest BCUT2D eigenvalue weighted by molar-refractivity contribution is 5.79. The van der Waals surface area contributed by atoms with Crippen LogP contribution in [0.5, 0.6) is 0 Å². The third-order valence-corrected chi connectivity index (χ3v) is 1.49. The van der Waals surface area contributed by atoms with Crippen LogP contribution < -0.4 is 16.4 Å². The Bertz CT molecular complexity index is 109. The number of hydrogen-bond donors (Lipinski definition) is 3. The third-order valence-electron chi connectivity index (χ3n) is 1.49. The van der Waals surface area contributed by atoms with Crippen LogP contribution in [0.25, 0.3) is 0 Å². The van der Waals surface area contributed by atoms with E-state index < -0.39 is 0 Å². The lowest BCUT2D eigenvalue weighted by Crippen LogP contribution is -2.92. The molecule has 52 valence electrons. The van der Waals surface area contributed by atoms with Crippen LogP contribution in [0, 0.1) is 0 Å². The molecule has 4 heteroatoms. The molecule has 1 aliphatic rings. The number of primary amides is 1. The fraction of sp³-hybridized carbons (Fsp3) is 0.800. The van der Waals surface area contributed by atoms with Crippen LogP contribution in [0.3, 0.4) is 0 Å². The first kappa shape index (κ1) is 6.51. The zero-order chi connectivity index (χ0) is 6.69. The molecule has 1 saturated heterocycles. The molecule has 0 spiro atoms. The van der Waals surface area contributed by atoms with Gasteiger partial charge in [-0.1, -0.05) is 0 Å². The largest absolute Gasteiger partial charge is 0.368 e. The predicted octanol–water partition coefficient (Wildman–Crippen LogP) is -2.99. The minimum Gasteiger partial charge on any atom is -0.368 e. The quantitative estimate of drug-likeness (QED) is 0.354. The molecule has 0 unspecified atom stereocenters. The van der Waals surface area contributed by atoms with E-state index in [1.54, 1.807) is 0 Å². The molecule has 1 atom stereocenters. The smallest absolute Gasteiger partial charge is 0.240 e. The first-order chi connectivity index (χ1) is 4.30. The number of piperazine rings is 1. The molecule has 5 N–H and O–H groups in total. The summed E-state index contributed by atoms with van der Waals surface area (Å²) in [6.45, 7) is 2.72. The van der Waals surface area contributed by atoms with Crippen molar-refractivity contribution in [3.63, 3.8) is 0 Å². The Hall–Kier alpha value is -0.610. The highest BCUT2D eigenvalue weighted by atomic mass is 16.1. The molecular formula is C5H12N3O+. The van der Waals surface area contributed by atoms with Gasteiger partial charge in [-0.2, -0.15) is 0 Å². The van der Waals surface area contributed by atoms with Gasteiger partial charge in [0.15, 0.2) is 0 Å². The van der Waals surface area contributed by atoms with Gasteiger partial charge in [-0.3, -0.25) is 10.1 Å². The van der Waals surface area contributed by atoms with E-state index in [2.05, 4.69) is 10.6 Å². The fourth-order valence-corrected chi connectivity index (χ4v) is 0.944. The lowest BCUT2D eigenvalue weighted by atomic mass is 10.2. The topological polar surface area (TPSA) is 71.7 Å². The van der Waals surface area contributed by atoms with Crippen molar-refractivity contribution in [3.8, 4) is 0 Å². The van der Waals surface area contributed by atoms with E-state index in [-0.39, 0.29) is 11.9 Å². The summed E-state index contributed by atoms with van der Waals surface area (Å²) in [7, 11) is 0. The summed E-state index contributed by atoms with van der Waals surface area (Å²) < 4.78 is 0. The Balaban J connectivity index is 2.31. The van der Waals surface area contributed by atoms with Gasteiger partial charge in [-0.25, -0.2) is 0 Å². The van der Waals surface area contributed by atoms with Gasteiger partial charge in [0, 0.05) is 6.54 Å². The predicted molar refractivity (Wildman–Crippen MR) is 32.6 cm³/mol. The van der Waals surface area contributed by atoms with Crippen molar-refractivity contribution in [1.82, 2.24) is 5.32 Å². The van der Waals surface area contributed by atoms with Crippen molar-refractivity contribution >= 4 is 5.91 Å². The molecule has 1 rings (SSSR count). The van der Waals surface area contributed by atoms with Crippen LogP contribution >= 0.6 is 0 Å². The molecule has 9 heavy (non-hydrogen) atoms. The number of quaternary nitrogens is 1. The number of nitrogens with one attached hydrogen (secondary N) is 1. The van der Waals surface area contributed by atoms with Gasteiger partial charge < -0.3 is 11.1 Å². The van der Waals surface area contributed by atoms with E-state index >= 15 is 0 Å². The van der Waals surface area contributed by atoms with Crippen molar-refractivity contribution in [1.29, 1.82) is 0 Å². The highest BCUT2D eigenvalue weighted by Crippen LogP contribution is 1.77. The molecule has 0 aliphatic carbocycles. The van der Waals surface area contributed by atoms with E-state index in [1.807, 2.05) is 0 Å². The zero-order valence-corrected chi connectivity index (χ0v) is 5.26. The van der Waals surface area contributed by atoms with E-state index in [0.29, 0.717) is 0 Å². The van der Waals surface area contributed by atoms with Crippen molar-refractivity contribution in [2.45, 2.75) is 6.04 Å². The minimum atomic E-state index is -0.244. The molecule has 1 aliphatic heterocycles. The van der Waals surface area contributed by atoms with Gasteiger partial charge >= 0.3 is 0 Å². The van der Waals surface area contributed by atoms with E-state index in [0.717, 1.165) is 19.6 Å². The van der Waals surface area contributed by atoms with Gasteiger partial charge in [0.05, 0.1) is 6.54 Å². The van der Waals surface area contributed by atoms with E-state index in [9.17, 15) is 4.79 Å². The average Bonchev–Trinajstić information content (AvgIpc) is 1.90. The van der Waals surface area contributed by atoms with Crippen LogP contribution in [0.15, 0.2) is 0 Å². The molecule has 0 aromatic heterocycles. The first-order valence-electron chi connectivity index (χ1n) is 3.15. The maximum Gasteiger partial charge on any atom is 0.240 e. The molecule has 4 nitrogen and oxygen atoms in total. The number of nitrogens with two attached hydrogens (primary N) is 2. The number of amides is 1. The highest BCUT2D eigenvalue weighted by Gasteiger charge is 2.19. The Kier molecular flexibility index (Phi) is 2.02. The Morgan fingerprint density at radius 3 is 2.89 bits per heavy atom. The maximum atomic E-state index is 10.5. The van der Waals surface area contributed by atoms with Crippen LogP contribution in [-0.4, -0.2) is 31.6 Å². The normalized spacial score (nSPS) is 27.8. The summed E-state index contributed by atoms with van der Waals surface area (Å²) in [5, 5.41) is 5.10. The second kappa shape index (κ2) is 2.80. The second-order valence-electron chi connectivity index (χ2n) is 2.22. The van der Waals surface area contributed by atoms with Crippen molar-refractivity contribution < 1.29 is 10.1 Å². The molecule has 0 aromatic carbocycles. The summed E-state index contributed by atoms with van der Waals surface area (Å²) in [6.07, 6.45) is 0. The summed E-state index contributed by atoms with van der Waals surface area (Å²) in [5.41, 5.74) is 5.05. The maximum absolute atomic E-state index is 10.5. The molecule has 1 fully saturated rings. The fourth-order valence-electron chi connectivity index (χ4n) is 0.944. The minimum absolute atomic E-state index is 0.112. The molecule has 0 saturated carbocycles. The monoisotopic (exact) mass is 130 g/mol. The Morgan fingerprint density at radius 2 is 2.56 bits per heavy atom. The third kappa shape index (κ3) is 1.65. The van der Waals surface area contributed by atoms with E-state index in [4.69, 9.17) is 5.73 Å². The average molecular weight is 130 g/mol. The van der Waals surface area contributed by atoms with Crippen molar-refractivity contribution in [2.75, 3.05) is 19.6 Å². The molecule has 0 bridgehead atoms. The second-order valence-corrected chi connectivity index (χ2v) is 2.22. The van der Waals surface area contributed by atoms with Crippen LogP contribution in [0.2, 0.25) is 0 Å². The first-order valence-corrected chi connectivity index (χ1v) is 3.15. The lowest BCUT2D eigenvalue weighted by molar-refractivity contribution is -0.660. The number of hydrogen-bond acceptors (Lipinski definition) is 2. The molecule has 0 radical (unpaired) electrons. The SMILES string of the molecule is NC(=O)[C@@H]1C[NH2+]CCN1. The molecule has 1 heterocycles. The van der Waals surface area contributed by atoms with Crippen LogP contribution in [-0.2, 0) is 4.79 Å². The summed E-state index contributed by atoms with van der Waals surface area (Å²) >= 11 is 0. The number of rotatable bonds is 1. The molecular weight excluding hydrogens is 118 g/mol. The standard InChI is InChI=1S/C5H11N3O/c6-5(9)4-3-7-1-2-8-4/h4,7-8H,1-3H2,(H2,6,9)/p+1/t4-/m0/s1. The van der Waals surface area contributed by atoms with Gasteiger partial charge in [0.2, 0.25) is 5.91 Å². The van der Waals surface area contributed by atoms with Crippen molar-refractivity contribution in [2.24, 2.45) is 5.73 Å². The van der Waals surface area contributed by atoms with Crippen LogP contribution in [0.4, 0.5) is 0 Å². The van der Waals surface area contributed by atoms with Crippen LogP contribution in [0.1, 0.15) is 0 Å². The molecule has 0 aromatic rings. The van der Waals surface area contributed by atoms with E-state index in [1.165, 1.54) is 0 Å².